The molecule has 17 heavy (non-hydrogen) atoms. The van der Waals surface area contributed by atoms with E-state index >= 15 is 0 Å². The van der Waals surface area contributed by atoms with Crippen LogP contribution in [0.1, 0.15) is 31.4 Å². The second-order valence-corrected chi connectivity index (χ2v) is 5.21. The van der Waals surface area contributed by atoms with Gasteiger partial charge in [-0.1, -0.05) is 24.3 Å². The molecule has 1 fully saturated rings. The van der Waals surface area contributed by atoms with E-state index in [9.17, 15) is 0 Å². The smallest absolute Gasteiger partial charge is 0.129 e. The third-order valence-electron chi connectivity index (χ3n) is 4.34. The van der Waals surface area contributed by atoms with Crippen molar-refractivity contribution < 1.29 is 4.74 Å². The Hall–Kier alpha value is -1.35. The lowest BCUT2D eigenvalue weighted by Crippen LogP contribution is -2.51. The summed E-state index contributed by atoms with van der Waals surface area (Å²) in [5.41, 5.74) is 2.31. The van der Waals surface area contributed by atoms with Gasteiger partial charge in [0.2, 0.25) is 0 Å². The van der Waals surface area contributed by atoms with Crippen LogP contribution in [0.15, 0.2) is 24.3 Å². The summed E-state index contributed by atoms with van der Waals surface area (Å²) in [5, 5.41) is 8.34. The fourth-order valence-electron chi connectivity index (χ4n) is 2.90. The Kier molecular flexibility index (Phi) is 2.26. The van der Waals surface area contributed by atoms with Crippen LogP contribution >= 0.6 is 0 Å². The predicted octanol–water partition coefficient (Wildman–Crippen LogP) is 2.40. The van der Waals surface area contributed by atoms with Crippen molar-refractivity contribution in [2.75, 3.05) is 6.61 Å². The fraction of sp³-hybridized carbons (Fsp3) is 0.500. The van der Waals surface area contributed by atoms with Gasteiger partial charge < -0.3 is 9.64 Å². The maximum Gasteiger partial charge on any atom is 0.129 e. The van der Waals surface area contributed by atoms with Crippen LogP contribution in [0.5, 0.6) is 0 Å². The zero-order valence-corrected chi connectivity index (χ0v) is 10.4. The van der Waals surface area contributed by atoms with Gasteiger partial charge in [-0.15, -0.1) is 0 Å². The molecule has 2 aliphatic rings. The predicted molar refractivity (Wildman–Crippen MR) is 67.2 cm³/mol. The number of hydrogen-bond acceptors (Lipinski definition) is 2. The largest absolute Gasteiger partial charge is 0.376 e. The van der Waals surface area contributed by atoms with Crippen molar-refractivity contribution >= 4 is 5.84 Å². The summed E-state index contributed by atoms with van der Waals surface area (Å²) < 4.78 is 5.69. The topological polar surface area (TPSA) is 36.3 Å². The molecule has 3 rings (SSSR count). The second-order valence-electron chi connectivity index (χ2n) is 5.21. The number of hydrogen-bond donors (Lipinski definition) is 1. The van der Waals surface area contributed by atoms with Crippen molar-refractivity contribution in [3.63, 3.8) is 0 Å². The van der Waals surface area contributed by atoms with Crippen LogP contribution in [-0.2, 0) is 11.3 Å². The van der Waals surface area contributed by atoms with E-state index < -0.39 is 0 Å². The van der Waals surface area contributed by atoms with Gasteiger partial charge in [0, 0.05) is 18.7 Å². The van der Waals surface area contributed by atoms with E-state index in [1.807, 2.05) is 18.2 Å². The third kappa shape index (κ3) is 1.42. The standard InChI is InChI=1S/C14H18N2O/c1-10-14(2,7-8-17-10)16-9-11-5-3-4-6-12(11)13(16)15/h3-6,10,15H,7-9H2,1-2H3. The summed E-state index contributed by atoms with van der Waals surface area (Å²) in [6.07, 6.45) is 1.20. The third-order valence-corrected chi connectivity index (χ3v) is 4.34. The van der Waals surface area contributed by atoms with Crippen LogP contribution in [0, 0.1) is 5.41 Å². The summed E-state index contributed by atoms with van der Waals surface area (Å²) in [7, 11) is 0. The molecule has 1 aromatic carbocycles. The Bertz CT molecular complexity index is 471. The maximum atomic E-state index is 8.34. The summed E-state index contributed by atoms with van der Waals surface area (Å²) in [5.74, 6) is 0.653. The van der Waals surface area contributed by atoms with Gasteiger partial charge >= 0.3 is 0 Å². The summed E-state index contributed by atoms with van der Waals surface area (Å²) >= 11 is 0. The van der Waals surface area contributed by atoms with Crippen LogP contribution in [0.3, 0.4) is 0 Å². The molecule has 2 atom stereocenters. The molecular formula is C14H18N2O. The molecule has 0 bridgehead atoms. The Morgan fingerprint density at radius 1 is 1.41 bits per heavy atom. The highest BCUT2D eigenvalue weighted by Crippen LogP contribution is 2.37. The number of rotatable bonds is 1. The van der Waals surface area contributed by atoms with E-state index in [1.165, 1.54) is 5.56 Å². The van der Waals surface area contributed by atoms with Crippen molar-refractivity contribution in [1.29, 1.82) is 5.41 Å². The molecule has 1 N–H and O–H groups in total. The Labute approximate surface area is 102 Å². The first-order valence-corrected chi connectivity index (χ1v) is 6.19. The zero-order chi connectivity index (χ0) is 12.0. The molecule has 0 spiro atoms. The van der Waals surface area contributed by atoms with Crippen molar-refractivity contribution in [1.82, 2.24) is 4.90 Å². The average molecular weight is 230 g/mol. The molecule has 0 aromatic heterocycles. The van der Waals surface area contributed by atoms with Crippen molar-refractivity contribution in [3.8, 4) is 0 Å². The monoisotopic (exact) mass is 230 g/mol. The molecule has 1 aromatic rings. The minimum Gasteiger partial charge on any atom is -0.376 e. The first-order valence-electron chi connectivity index (χ1n) is 6.19. The van der Waals surface area contributed by atoms with Gasteiger partial charge in [0.1, 0.15) is 5.84 Å². The van der Waals surface area contributed by atoms with E-state index in [-0.39, 0.29) is 11.6 Å². The summed E-state index contributed by atoms with van der Waals surface area (Å²) in [6.45, 7) is 5.98. The molecule has 2 unspecified atom stereocenters. The molecule has 2 heterocycles. The molecule has 0 radical (unpaired) electrons. The van der Waals surface area contributed by atoms with Crippen LogP contribution in [0.4, 0.5) is 0 Å². The molecule has 3 nitrogen and oxygen atoms in total. The lowest BCUT2D eigenvalue weighted by Gasteiger charge is -2.39. The first kappa shape index (κ1) is 10.8. The molecule has 90 valence electrons. The average Bonchev–Trinajstić information content (AvgIpc) is 2.83. The van der Waals surface area contributed by atoms with E-state index in [0.29, 0.717) is 5.84 Å². The number of ether oxygens (including phenoxy) is 1. The molecule has 3 heteroatoms. The highest BCUT2D eigenvalue weighted by Gasteiger charge is 2.45. The maximum absolute atomic E-state index is 8.34. The lowest BCUT2D eigenvalue weighted by atomic mass is 9.92. The molecule has 0 amide bonds. The minimum atomic E-state index is -0.0316. The van der Waals surface area contributed by atoms with Gasteiger partial charge in [0.25, 0.3) is 0 Å². The Balaban J connectivity index is 1.97. The van der Waals surface area contributed by atoms with Gasteiger partial charge in [-0.2, -0.15) is 0 Å². The van der Waals surface area contributed by atoms with Gasteiger partial charge in [-0.05, 0) is 25.8 Å². The summed E-state index contributed by atoms with van der Waals surface area (Å²) in [6, 6.07) is 8.22. The number of amidine groups is 1. The fourth-order valence-corrected chi connectivity index (χ4v) is 2.90. The molecule has 2 aliphatic heterocycles. The number of benzene rings is 1. The highest BCUT2D eigenvalue weighted by molar-refractivity contribution is 6.00. The van der Waals surface area contributed by atoms with Crippen molar-refractivity contribution in [3.05, 3.63) is 35.4 Å². The normalized spacial score (nSPS) is 32.0. The van der Waals surface area contributed by atoms with Gasteiger partial charge in [-0.3, -0.25) is 5.41 Å². The molecule has 1 saturated heterocycles. The van der Waals surface area contributed by atoms with Gasteiger partial charge in [0.15, 0.2) is 0 Å². The number of nitrogens with zero attached hydrogens (tertiary/aromatic N) is 1. The molecule has 0 aliphatic carbocycles. The van der Waals surface area contributed by atoms with E-state index in [4.69, 9.17) is 10.1 Å². The van der Waals surface area contributed by atoms with Crippen LogP contribution in [0.25, 0.3) is 0 Å². The first-order chi connectivity index (χ1) is 8.13. The Morgan fingerprint density at radius 3 is 2.82 bits per heavy atom. The molecule has 0 saturated carbocycles. The SMILES string of the molecule is CC1OCCC1(C)N1Cc2ccccc2C1=N. The second kappa shape index (κ2) is 3.57. The van der Waals surface area contributed by atoms with E-state index in [2.05, 4.69) is 24.8 Å². The highest BCUT2D eigenvalue weighted by atomic mass is 16.5. The van der Waals surface area contributed by atoms with Crippen molar-refractivity contribution in [2.24, 2.45) is 0 Å². The quantitative estimate of drug-likeness (QED) is 0.804. The van der Waals surface area contributed by atoms with E-state index in [1.54, 1.807) is 0 Å². The minimum absolute atomic E-state index is 0.0316. The number of nitrogens with one attached hydrogen (secondary N) is 1. The lowest BCUT2D eigenvalue weighted by molar-refractivity contribution is 0.0530. The van der Waals surface area contributed by atoms with Gasteiger partial charge in [0.05, 0.1) is 11.6 Å². The summed E-state index contributed by atoms with van der Waals surface area (Å²) in [4.78, 5) is 2.20. The van der Waals surface area contributed by atoms with Gasteiger partial charge in [-0.25, -0.2) is 0 Å². The van der Waals surface area contributed by atoms with Crippen LogP contribution in [-0.4, -0.2) is 29.0 Å². The number of fused-ring (bicyclic) bond motifs is 1. The molecular weight excluding hydrogens is 212 g/mol. The van der Waals surface area contributed by atoms with Crippen molar-refractivity contribution in [2.45, 2.75) is 38.5 Å². The zero-order valence-electron chi connectivity index (χ0n) is 10.4. The van der Waals surface area contributed by atoms with E-state index in [0.717, 1.165) is 25.1 Å². The van der Waals surface area contributed by atoms with Crippen LogP contribution in [0.2, 0.25) is 0 Å². The Morgan fingerprint density at radius 2 is 2.18 bits per heavy atom. The van der Waals surface area contributed by atoms with Crippen LogP contribution < -0.4 is 0 Å².